The molecule has 0 bridgehead atoms. The van der Waals surface area contributed by atoms with Crippen molar-refractivity contribution >= 4 is 34.7 Å². The first kappa shape index (κ1) is 20.6. The van der Waals surface area contributed by atoms with Crippen LogP contribution in [0.1, 0.15) is 11.1 Å². The number of anilines is 1. The zero-order valence-electron chi connectivity index (χ0n) is 16.8. The Morgan fingerprint density at radius 1 is 0.967 bits per heavy atom. The van der Waals surface area contributed by atoms with Crippen LogP contribution in [0.2, 0.25) is 5.02 Å². The SMILES string of the molecule is Cc1ccc(N2C(=O)C(c3ccccc3)=C(N3CCN(CCO)CC3)C2=O)cc1Cl. The summed E-state index contributed by atoms with van der Waals surface area (Å²) in [6, 6.07) is 14.5. The van der Waals surface area contributed by atoms with Crippen molar-refractivity contribution in [2.75, 3.05) is 44.2 Å². The monoisotopic (exact) mass is 425 g/mol. The largest absolute Gasteiger partial charge is 0.395 e. The van der Waals surface area contributed by atoms with E-state index in [0.717, 1.165) is 24.2 Å². The molecule has 2 aromatic carbocycles. The molecule has 156 valence electrons. The highest BCUT2D eigenvalue weighted by Crippen LogP contribution is 2.36. The van der Waals surface area contributed by atoms with Gasteiger partial charge < -0.3 is 10.0 Å². The number of aliphatic hydroxyl groups excluding tert-OH is 1. The van der Waals surface area contributed by atoms with Crippen LogP contribution in [0, 0.1) is 6.92 Å². The van der Waals surface area contributed by atoms with Crippen LogP contribution in [0.3, 0.4) is 0 Å². The zero-order chi connectivity index (χ0) is 21.3. The summed E-state index contributed by atoms with van der Waals surface area (Å²) in [6.07, 6.45) is 0. The Morgan fingerprint density at radius 3 is 2.30 bits per heavy atom. The third kappa shape index (κ3) is 3.74. The van der Waals surface area contributed by atoms with Crippen molar-refractivity contribution in [2.45, 2.75) is 6.92 Å². The number of β-amino-alcohol motifs (C(OH)–C–C–N with tert-alkyl or cyclic N) is 1. The number of hydrogen-bond acceptors (Lipinski definition) is 5. The van der Waals surface area contributed by atoms with Crippen molar-refractivity contribution in [1.82, 2.24) is 9.80 Å². The number of hydrogen-bond donors (Lipinski definition) is 1. The second-order valence-electron chi connectivity index (χ2n) is 7.52. The predicted molar refractivity (Wildman–Crippen MR) is 117 cm³/mol. The first-order chi connectivity index (χ1) is 14.5. The second-order valence-corrected chi connectivity index (χ2v) is 7.93. The molecule has 2 aliphatic heterocycles. The van der Waals surface area contributed by atoms with Crippen LogP contribution in [0.5, 0.6) is 0 Å². The molecule has 0 saturated carbocycles. The summed E-state index contributed by atoms with van der Waals surface area (Å²) in [5.41, 5.74) is 2.95. The molecule has 4 rings (SSSR count). The van der Waals surface area contributed by atoms with Crippen LogP contribution in [0.15, 0.2) is 54.2 Å². The lowest BCUT2D eigenvalue weighted by Gasteiger charge is -2.36. The Bertz CT molecular complexity index is 998. The molecular weight excluding hydrogens is 402 g/mol. The fourth-order valence-corrected chi connectivity index (χ4v) is 4.14. The average molecular weight is 426 g/mol. The van der Waals surface area contributed by atoms with Crippen molar-refractivity contribution in [3.05, 3.63) is 70.4 Å². The molecule has 0 atom stereocenters. The fourth-order valence-electron chi connectivity index (χ4n) is 3.97. The van der Waals surface area contributed by atoms with Crippen molar-refractivity contribution in [3.63, 3.8) is 0 Å². The molecule has 1 fully saturated rings. The number of rotatable bonds is 5. The van der Waals surface area contributed by atoms with Gasteiger partial charge in [0.25, 0.3) is 11.8 Å². The first-order valence-electron chi connectivity index (χ1n) is 10.0. The van der Waals surface area contributed by atoms with Gasteiger partial charge in [-0.05, 0) is 30.2 Å². The minimum Gasteiger partial charge on any atom is -0.395 e. The fraction of sp³-hybridized carbons (Fsp3) is 0.304. The lowest BCUT2D eigenvalue weighted by atomic mass is 10.0. The molecule has 1 saturated heterocycles. The number of benzene rings is 2. The van der Waals surface area contributed by atoms with E-state index < -0.39 is 0 Å². The van der Waals surface area contributed by atoms with Crippen molar-refractivity contribution in [3.8, 4) is 0 Å². The van der Waals surface area contributed by atoms with Gasteiger partial charge in [0.15, 0.2) is 0 Å². The maximum absolute atomic E-state index is 13.5. The predicted octanol–water partition coefficient (Wildman–Crippen LogP) is 2.54. The van der Waals surface area contributed by atoms with Crippen LogP contribution in [0.25, 0.3) is 5.57 Å². The van der Waals surface area contributed by atoms with Crippen molar-refractivity contribution in [1.29, 1.82) is 0 Å². The van der Waals surface area contributed by atoms with Gasteiger partial charge in [0.1, 0.15) is 5.70 Å². The van der Waals surface area contributed by atoms with Crippen molar-refractivity contribution < 1.29 is 14.7 Å². The van der Waals surface area contributed by atoms with E-state index in [1.54, 1.807) is 12.1 Å². The van der Waals surface area contributed by atoms with Gasteiger partial charge >= 0.3 is 0 Å². The van der Waals surface area contributed by atoms with E-state index in [-0.39, 0.29) is 18.4 Å². The maximum Gasteiger partial charge on any atom is 0.282 e. The van der Waals surface area contributed by atoms with Crippen LogP contribution < -0.4 is 4.90 Å². The Labute approximate surface area is 181 Å². The first-order valence-corrected chi connectivity index (χ1v) is 10.4. The lowest BCUT2D eigenvalue weighted by molar-refractivity contribution is -0.120. The molecule has 0 unspecified atom stereocenters. The van der Waals surface area contributed by atoms with Gasteiger partial charge in [0.05, 0.1) is 17.9 Å². The number of halogens is 1. The average Bonchev–Trinajstić information content (AvgIpc) is 3.02. The molecule has 2 amide bonds. The molecule has 7 heteroatoms. The highest BCUT2D eigenvalue weighted by atomic mass is 35.5. The smallest absolute Gasteiger partial charge is 0.282 e. The van der Waals surface area contributed by atoms with Gasteiger partial charge in [-0.2, -0.15) is 0 Å². The summed E-state index contributed by atoms with van der Waals surface area (Å²) >= 11 is 6.27. The maximum atomic E-state index is 13.5. The third-order valence-corrected chi connectivity index (χ3v) is 6.05. The zero-order valence-corrected chi connectivity index (χ0v) is 17.6. The van der Waals surface area contributed by atoms with Crippen LogP contribution in [-0.2, 0) is 9.59 Å². The van der Waals surface area contributed by atoms with E-state index in [2.05, 4.69) is 4.90 Å². The molecule has 0 radical (unpaired) electrons. The number of piperazine rings is 1. The molecule has 0 spiro atoms. The summed E-state index contributed by atoms with van der Waals surface area (Å²) < 4.78 is 0. The van der Waals surface area contributed by atoms with E-state index in [0.29, 0.717) is 41.6 Å². The van der Waals surface area contributed by atoms with E-state index in [1.165, 1.54) is 4.90 Å². The number of amides is 2. The number of carbonyl (C=O) groups is 2. The number of aliphatic hydroxyl groups is 1. The quantitative estimate of drug-likeness (QED) is 0.746. The number of nitrogens with zero attached hydrogens (tertiary/aromatic N) is 3. The number of imide groups is 1. The Balaban J connectivity index is 1.73. The summed E-state index contributed by atoms with van der Waals surface area (Å²) in [7, 11) is 0. The molecule has 0 aromatic heterocycles. The highest BCUT2D eigenvalue weighted by molar-refractivity contribution is 6.45. The third-order valence-electron chi connectivity index (χ3n) is 5.64. The van der Waals surface area contributed by atoms with Crippen molar-refractivity contribution in [2.24, 2.45) is 0 Å². The molecule has 2 aromatic rings. The van der Waals surface area contributed by atoms with Gasteiger partial charge in [-0.25, -0.2) is 4.90 Å². The van der Waals surface area contributed by atoms with Gasteiger partial charge in [-0.15, -0.1) is 0 Å². The molecule has 6 nitrogen and oxygen atoms in total. The van der Waals surface area contributed by atoms with Gasteiger partial charge in [0.2, 0.25) is 0 Å². The standard InChI is InChI=1S/C23H24ClN3O3/c1-16-7-8-18(15-19(16)24)27-22(29)20(17-5-3-2-4-6-17)21(23(27)30)26-11-9-25(10-12-26)13-14-28/h2-8,15,28H,9-14H2,1H3. The van der Waals surface area contributed by atoms with E-state index in [4.69, 9.17) is 11.6 Å². The number of aryl methyl sites for hydroxylation is 1. The molecule has 30 heavy (non-hydrogen) atoms. The second kappa shape index (κ2) is 8.60. The number of carbonyl (C=O) groups excluding carboxylic acids is 2. The molecule has 0 aliphatic carbocycles. The Hall–Kier alpha value is -2.67. The minimum absolute atomic E-state index is 0.108. The van der Waals surface area contributed by atoms with E-state index >= 15 is 0 Å². The Morgan fingerprint density at radius 2 is 1.67 bits per heavy atom. The molecule has 2 heterocycles. The molecular formula is C23H24ClN3O3. The topological polar surface area (TPSA) is 64.1 Å². The summed E-state index contributed by atoms with van der Waals surface area (Å²) in [4.78, 5) is 32.3. The summed E-state index contributed by atoms with van der Waals surface area (Å²) in [6.45, 7) is 5.29. The van der Waals surface area contributed by atoms with Gasteiger partial charge in [-0.1, -0.05) is 48.0 Å². The van der Waals surface area contributed by atoms with Crippen LogP contribution >= 0.6 is 11.6 Å². The Kier molecular flexibility index (Phi) is 5.90. The van der Waals surface area contributed by atoms with E-state index in [9.17, 15) is 14.7 Å². The van der Waals surface area contributed by atoms with Crippen LogP contribution in [0.4, 0.5) is 5.69 Å². The summed E-state index contributed by atoms with van der Waals surface area (Å²) in [5.74, 6) is -0.659. The van der Waals surface area contributed by atoms with E-state index in [1.807, 2.05) is 48.2 Å². The molecule has 2 aliphatic rings. The molecule has 1 N–H and O–H groups in total. The summed E-state index contributed by atoms with van der Waals surface area (Å²) in [5, 5.41) is 9.70. The minimum atomic E-state index is -0.334. The lowest BCUT2D eigenvalue weighted by Crippen LogP contribution is -2.48. The van der Waals surface area contributed by atoms with Gasteiger partial charge in [-0.3, -0.25) is 14.5 Å². The van der Waals surface area contributed by atoms with Crippen LogP contribution in [-0.4, -0.2) is 66.1 Å². The normalized spacial score (nSPS) is 18.0. The highest BCUT2D eigenvalue weighted by Gasteiger charge is 2.43. The van der Waals surface area contributed by atoms with Gasteiger partial charge in [0, 0.05) is 37.7 Å².